The van der Waals surface area contributed by atoms with Crippen LogP contribution in [0.15, 0.2) is 18.2 Å². The third-order valence-corrected chi connectivity index (χ3v) is 7.60. The molecule has 1 unspecified atom stereocenters. The van der Waals surface area contributed by atoms with Crippen LogP contribution in [-0.2, 0) is 4.79 Å². The van der Waals surface area contributed by atoms with Crippen molar-refractivity contribution in [2.75, 3.05) is 51.4 Å². The summed E-state index contributed by atoms with van der Waals surface area (Å²) in [6, 6.07) is 5.08. The first-order chi connectivity index (χ1) is 17.6. The summed E-state index contributed by atoms with van der Waals surface area (Å²) >= 11 is 0.939. The lowest BCUT2D eigenvalue weighted by atomic mass is 9.97. The summed E-state index contributed by atoms with van der Waals surface area (Å²) in [5, 5.41) is 13.9. The minimum Gasteiger partial charge on any atom is -0.454 e. The van der Waals surface area contributed by atoms with E-state index in [1.807, 2.05) is 0 Å². The van der Waals surface area contributed by atoms with Gasteiger partial charge in [-0.3, -0.25) is 14.4 Å². The predicted octanol–water partition coefficient (Wildman–Crippen LogP) is 1.97. The second-order valence-corrected chi connectivity index (χ2v) is 10.2. The van der Waals surface area contributed by atoms with Crippen LogP contribution in [0.1, 0.15) is 51.7 Å². The van der Waals surface area contributed by atoms with Crippen molar-refractivity contribution < 1.29 is 23.9 Å². The van der Waals surface area contributed by atoms with E-state index in [4.69, 9.17) is 9.47 Å². The largest absolute Gasteiger partial charge is 0.454 e. The summed E-state index contributed by atoms with van der Waals surface area (Å²) in [6.45, 7) is 4.72. The van der Waals surface area contributed by atoms with Crippen LogP contribution in [0.25, 0.3) is 0 Å². The van der Waals surface area contributed by atoms with Gasteiger partial charge in [-0.15, -0.1) is 10.2 Å². The van der Waals surface area contributed by atoms with Crippen LogP contribution in [-0.4, -0.2) is 83.8 Å². The first-order valence-electron chi connectivity index (χ1n) is 12.4. The number of aromatic nitrogens is 2. The van der Waals surface area contributed by atoms with Gasteiger partial charge in [0.15, 0.2) is 11.5 Å². The maximum Gasteiger partial charge on any atom is 0.286 e. The second-order valence-electron chi connectivity index (χ2n) is 9.22. The lowest BCUT2D eigenvalue weighted by Gasteiger charge is -2.32. The molecule has 0 radical (unpaired) electrons. The summed E-state index contributed by atoms with van der Waals surface area (Å²) < 4.78 is 10.6. The van der Waals surface area contributed by atoms with Crippen LogP contribution < -0.4 is 20.1 Å². The molecule has 2 saturated heterocycles. The molecule has 1 aromatic heterocycles. The van der Waals surface area contributed by atoms with Gasteiger partial charge in [-0.2, -0.15) is 0 Å². The zero-order chi connectivity index (χ0) is 24.9. The Balaban J connectivity index is 1.12. The van der Waals surface area contributed by atoms with Crippen LogP contribution >= 0.6 is 11.3 Å². The molecular formula is C24H30N6O5S. The van der Waals surface area contributed by atoms with E-state index in [0.29, 0.717) is 36.8 Å². The maximum absolute atomic E-state index is 13.0. The van der Waals surface area contributed by atoms with Gasteiger partial charge in [0.2, 0.25) is 22.7 Å². The molecule has 0 aliphatic carbocycles. The summed E-state index contributed by atoms with van der Waals surface area (Å²) in [5.74, 6) is 0.148. The zero-order valence-corrected chi connectivity index (χ0v) is 20.8. The topological polar surface area (TPSA) is 126 Å². The average Bonchev–Trinajstić information content (AvgIpc) is 3.59. The monoisotopic (exact) mass is 514 g/mol. The van der Waals surface area contributed by atoms with Crippen molar-refractivity contribution in [2.45, 2.75) is 32.1 Å². The fourth-order valence-corrected chi connectivity index (χ4v) is 5.44. The van der Waals surface area contributed by atoms with Gasteiger partial charge in [0.1, 0.15) is 0 Å². The molecule has 0 spiro atoms. The van der Waals surface area contributed by atoms with E-state index in [9.17, 15) is 14.4 Å². The zero-order valence-electron chi connectivity index (χ0n) is 20.0. The number of carbonyl (C=O) groups excluding carboxylic acids is 3. The molecule has 192 valence electrons. The molecule has 2 fully saturated rings. The van der Waals surface area contributed by atoms with Crippen molar-refractivity contribution in [3.05, 3.63) is 28.2 Å². The second kappa shape index (κ2) is 11.2. The number of fused-ring (bicyclic) bond motifs is 1. The van der Waals surface area contributed by atoms with E-state index in [-0.39, 0.29) is 34.5 Å². The third-order valence-electron chi connectivity index (χ3n) is 6.69. The lowest BCUT2D eigenvalue weighted by molar-refractivity contribution is -0.126. The number of anilines is 1. The highest BCUT2D eigenvalue weighted by molar-refractivity contribution is 7.15. The van der Waals surface area contributed by atoms with Crippen molar-refractivity contribution in [3.63, 3.8) is 0 Å². The molecule has 4 heterocycles. The van der Waals surface area contributed by atoms with Gasteiger partial charge in [0.05, 0.1) is 5.92 Å². The summed E-state index contributed by atoms with van der Waals surface area (Å²) in [5.41, 5.74) is 0.525. The molecule has 3 amide bonds. The number of amides is 3. The number of likely N-dealkylation sites (tertiary alicyclic amines) is 2. The Labute approximate surface area is 213 Å². The fourth-order valence-electron chi connectivity index (χ4n) is 4.74. The van der Waals surface area contributed by atoms with Gasteiger partial charge in [-0.1, -0.05) is 17.8 Å². The normalized spacial score (nSPS) is 19.7. The van der Waals surface area contributed by atoms with Crippen molar-refractivity contribution in [2.24, 2.45) is 5.92 Å². The first kappa shape index (κ1) is 24.4. The molecule has 11 nitrogen and oxygen atoms in total. The number of hydrogen-bond donors (Lipinski definition) is 2. The smallest absolute Gasteiger partial charge is 0.286 e. The van der Waals surface area contributed by atoms with Crippen molar-refractivity contribution >= 4 is 34.7 Å². The van der Waals surface area contributed by atoms with Gasteiger partial charge in [0, 0.05) is 37.9 Å². The molecule has 2 aromatic rings. The number of hydrogen-bond acceptors (Lipinski definition) is 9. The number of rotatable bonds is 7. The van der Waals surface area contributed by atoms with Gasteiger partial charge < -0.3 is 29.9 Å². The first-order valence-corrected chi connectivity index (χ1v) is 13.2. The number of piperidine rings is 2. The highest BCUT2D eigenvalue weighted by atomic mass is 32.1. The number of nitrogens with zero attached hydrogens (tertiary/aromatic N) is 4. The SMILES string of the molecule is O=C(Nc1ccc2c(c1)OCO2)c1nnc(C(=O)N2CCCC(C(=O)NCCN3CCCCC3)C2)s1. The van der Waals surface area contributed by atoms with Crippen LogP contribution in [0.3, 0.4) is 0 Å². The number of nitrogens with one attached hydrogen (secondary N) is 2. The number of ether oxygens (including phenoxy) is 2. The van der Waals surface area contributed by atoms with Crippen LogP contribution in [0.5, 0.6) is 11.5 Å². The number of benzene rings is 1. The Morgan fingerprint density at radius 3 is 2.67 bits per heavy atom. The molecule has 1 atom stereocenters. The predicted molar refractivity (Wildman–Crippen MR) is 132 cm³/mol. The van der Waals surface area contributed by atoms with Crippen molar-refractivity contribution in [3.8, 4) is 11.5 Å². The molecular weight excluding hydrogens is 484 g/mol. The Hall–Kier alpha value is -3.25. The maximum atomic E-state index is 13.0. The summed E-state index contributed by atoms with van der Waals surface area (Å²) in [4.78, 5) is 42.4. The van der Waals surface area contributed by atoms with E-state index in [1.54, 1.807) is 23.1 Å². The van der Waals surface area contributed by atoms with E-state index < -0.39 is 5.91 Å². The molecule has 3 aliphatic heterocycles. The molecule has 12 heteroatoms. The van der Waals surface area contributed by atoms with Crippen molar-refractivity contribution in [1.29, 1.82) is 0 Å². The minimum atomic E-state index is -0.463. The van der Waals surface area contributed by atoms with Gasteiger partial charge in [-0.25, -0.2) is 0 Å². The standard InChI is InChI=1S/C24H30N6O5S/c31-20(25-8-12-29-9-2-1-3-10-29)16-5-4-11-30(14-16)24(33)23-28-27-22(36-23)21(32)26-17-6-7-18-19(13-17)35-15-34-18/h6-7,13,16H,1-5,8-12,14-15H2,(H,25,31)(H,26,32). The van der Waals surface area contributed by atoms with Crippen molar-refractivity contribution in [1.82, 2.24) is 25.3 Å². The molecule has 2 N–H and O–H groups in total. The molecule has 1 aromatic carbocycles. The lowest BCUT2D eigenvalue weighted by Crippen LogP contribution is -2.46. The Bertz CT molecular complexity index is 1120. The van der Waals surface area contributed by atoms with E-state index in [2.05, 4.69) is 25.7 Å². The third kappa shape index (κ3) is 5.76. The van der Waals surface area contributed by atoms with Gasteiger partial charge in [-0.05, 0) is 50.9 Å². The molecule has 0 bridgehead atoms. The molecule has 3 aliphatic rings. The number of carbonyl (C=O) groups is 3. The Morgan fingerprint density at radius 1 is 1.00 bits per heavy atom. The summed E-state index contributed by atoms with van der Waals surface area (Å²) in [6.07, 6.45) is 5.22. The van der Waals surface area contributed by atoms with Gasteiger partial charge in [0.25, 0.3) is 11.8 Å². The Kier molecular flexibility index (Phi) is 7.61. The summed E-state index contributed by atoms with van der Waals surface area (Å²) in [7, 11) is 0. The molecule has 5 rings (SSSR count). The van der Waals surface area contributed by atoms with E-state index in [0.717, 1.165) is 43.8 Å². The molecule has 0 saturated carbocycles. The van der Waals surface area contributed by atoms with Crippen LogP contribution in [0.2, 0.25) is 0 Å². The van der Waals surface area contributed by atoms with Crippen LogP contribution in [0, 0.1) is 5.92 Å². The average molecular weight is 515 g/mol. The fraction of sp³-hybridized carbons (Fsp3) is 0.542. The minimum absolute atomic E-state index is 0.00874. The quantitative estimate of drug-likeness (QED) is 0.575. The van der Waals surface area contributed by atoms with Crippen LogP contribution in [0.4, 0.5) is 5.69 Å². The molecule has 36 heavy (non-hydrogen) atoms. The Morgan fingerprint density at radius 2 is 1.81 bits per heavy atom. The highest BCUT2D eigenvalue weighted by Gasteiger charge is 2.31. The van der Waals surface area contributed by atoms with Gasteiger partial charge >= 0.3 is 0 Å². The van der Waals surface area contributed by atoms with E-state index in [1.165, 1.54) is 19.3 Å². The highest BCUT2D eigenvalue weighted by Crippen LogP contribution is 2.34. The van der Waals surface area contributed by atoms with E-state index >= 15 is 0 Å².